The van der Waals surface area contributed by atoms with E-state index in [0.29, 0.717) is 36.7 Å². The lowest BCUT2D eigenvalue weighted by Crippen LogP contribution is -2.17. The van der Waals surface area contributed by atoms with Crippen molar-refractivity contribution in [3.05, 3.63) is 58.4 Å². The minimum absolute atomic E-state index is 0.0503. The monoisotopic (exact) mass is 308 g/mol. The molecule has 1 unspecified atom stereocenters. The van der Waals surface area contributed by atoms with Gasteiger partial charge < -0.3 is 14.6 Å². The zero-order valence-corrected chi connectivity index (χ0v) is 11.9. The van der Waals surface area contributed by atoms with E-state index in [-0.39, 0.29) is 5.02 Å². The van der Waals surface area contributed by atoms with Crippen molar-refractivity contribution >= 4 is 11.6 Å². The van der Waals surface area contributed by atoms with Crippen molar-refractivity contribution < 1.29 is 19.0 Å². The summed E-state index contributed by atoms with van der Waals surface area (Å²) in [5.74, 6) is 0.739. The second-order valence-electron chi connectivity index (χ2n) is 4.84. The number of benzene rings is 2. The van der Waals surface area contributed by atoms with Gasteiger partial charge in [0.25, 0.3) is 0 Å². The van der Waals surface area contributed by atoms with Crippen LogP contribution in [-0.2, 0) is 6.42 Å². The summed E-state index contributed by atoms with van der Waals surface area (Å²) in [5, 5.41) is 10.5. The molecule has 1 aliphatic rings. The fourth-order valence-electron chi connectivity index (χ4n) is 2.36. The lowest BCUT2D eigenvalue weighted by molar-refractivity contribution is 0.146. The maximum absolute atomic E-state index is 13.2. The minimum Gasteiger partial charge on any atom is -0.486 e. The lowest BCUT2D eigenvalue weighted by atomic mass is 10.00. The van der Waals surface area contributed by atoms with Crippen LogP contribution in [0.15, 0.2) is 36.4 Å². The number of hydrogen-bond donors (Lipinski definition) is 1. The molecule has 0 amide bonds. The first-order chi connectivity index (χ1) is 10.1. The molecule has 2 aromatic carbocycles. The lowest BCUT2D eigenvalue weighted by Gasteiger charge is -2.23. The third-order valence-electron chi connectivity index (χ3n) is 3.37. The highest BCUT2D eigenvalue weighted by atomic mass is 35.5. The Hall–Kier alpha value is -1.78. The number of para-hydroxylation sites is 1. The standard InChI is InChI=1S/C16H14ClFO3/c17-12-8-10(4-5-13(12)18)9-14(19)11-2-1-3-15-16(11)21-7-6-20-15/h1-5,8,14,19H,6-7,9H2. The van der Waals surface area contributed by atoms with Crippen molar-refractivity contribution in [2.24, 2.45) is 0 Å². The number of ether oxygens (including phenoxy) is 2. The first kappa shape index (κ1) is 14.2. The molecule has 1 heterocycles. The molecule has 0 saturated carbocycles. The first-order valence-electron chi connectivity index (χ1n) is 6.65. The molecule has 0 bridgehead atoms. The average molecular weight is 309 g/mol. The van der Waals surface area contributed by atoms with Gasteiger partial charge in [0.05, 0.1) is 11.1 Å². The molecular weight excluding hydrogens is 295 g/mol. The van der Waals surface area contributed by atoms with Gasteiger partial charge in [0, 0.05) is 12.0 Å². The van der Waals surface area contributed by atoms with Crippen molar-refractivity contribution in [2.45, 2.75) is 12.5 Å². The third kappa shape index (κ3) is 2.96. The quantitative estimate of drug-likeness (QED) is 0.943. The predicted octanol–water partition coefficient (Wildman–Crippen LogP) is 3.53. The molecule has 1 aliphatic heterocycles. The van der Waals surface area contributed by atoms with Crippen molar-refractivity contribution in [2.75, 3.05) is 13.2 Å². The SMILES string of the molecule is OC(Cc1ccc(F)c(Cl)c1)c1cccc2c1OCCO2. The highest BCUT2D eigenvalue weighted by Gasteiger charge is 2.21. The topological polar surface area (TPSA) is 38.7 Å². The summed E-state index contributed by atoms with van der Waals surface area (Å²) < 4.78 is 24.2. The van der Waals surface area contributed by atoms with Gasteiger partial charge in [-0.2, -0.15) is 0 Å². The zero-order valence-electron chi connectivity index (χ0n) is 11.2. The zero-order chi connectivity index (χ0) is 14.8. The highest BCUT2D eigenvalue weighted by molar-refractivity contribution is 6.30. The van der Waals surface area contributed by atoms with E-state index in [0.717, 1.165) is 5.56 Å². The van der Waals surface area contributed by atoms with Crippen LogP contribution in [0.3, 0.4) is 0 Å². The average Bonchev–Trinajstić information content (AvgIpc) is 2.50. The second-order valence-corrected chi connectivity index (χ2v) is 5.25. The molecule has 3 rings (SSSR count). The van der Waals surface area contributed by atoms with E-state index in [1.54, 1.807) is 18.2 Å². The Morgan fingerprint density at radius 3 is 2.81 bits per heavy atom. The summed E-state index contributed by atoms with van der Waals surface area (Å²) in [4.78, 5) is 0. The van der Waals surface area contributed by atoms with E-state index in [2.05, 4.69) is 0 Å². The molecular formula is C16H14ClFO3. The van der Waals surface area contributed by atoms with Gasteiger partial charge >= 0.3 is 0 Å². The van der Waals surface area contributed by atoms with Crippen LogP contribution >= 0.6 is 11.6 Å². The fraction of sp³-hybridized carbons (Fsp3) is 0.250. The Morgan fingerprint density at radius 1 is 1.19 bits per heavy atom. The van der Waals surface area contributed by atoms with Crippen molar-refractivity contribution in [1.82, 2.24) is 0 Å². The Labute approximate surface area is 126 Å². The van der Waals surface area contributed by atoms with Crippen LogP contribution < -0.4 is 9.47 Å². The molecule has 1 N–H and O–H groups in total. The largest absolute Gasteiger partial charge is 0.486 e. The Kier molecular flexibility index (Phi) is 3.99. The van der Waals surface area contributed by atoms with E-state index in [9.17, 15) is 9.50 Å². The molecule has 0 fully saturated rings. The molecule has 0 aliphatic carbocycles. The molecule has 3 nitrogen and oxygen atoms in total. The summed E-state index contributed by atoms with van der Waals surface area (Å²) in [7, 11) is 0. The molecule has 0 saturated heterocycles. The molecule has 0 radical (unpaired) electrons. The van der Waals surface area contributed by atoms with E-state index < -0.39 is 11.9 Å². The van der Waals surface area contributed by atoms with Gasteiger partial charge in [-0.25, -0.2) is 4.39 Å². The van der Waals surface area contributed by atoms with E-state index in [1.165, 1.54) is 12.1 Å². The van der Waals surface area contributed by atoms with Crippen LogP contribution in [0.4, 0.5) is 4.39 Å². The summed E-state index contributed by atoms with van der Waals surface area (Å²) >= 11 is 5.76. The molecule has 5 heteroatoms. The van der Waals surface area contributed by atoms with E-state index >= 15 is 0 Å². The van der Waals surface area contributed by atoms with Crippen LogP contribution in [0.1, 0.15) is 17.2 Å². The Balaban J connectivity index is 1.85. The number of rotatable bonds is 3. The third-order valence-corrected chi connectivity index (χ3v) is 3.66. The number of fused-ring (bicyclic) bond motifs is 1. The molecule has 0 spiro atoms. The molecule has 21 heavy (non-hydrogen) atoms. The van der Waals surface area contributed by atoms with Crippen LogP contribution in [-0.4, -0.2) is 18.3 Å². The summed E-state index contributed by atoms with van der Waals surface area (Å²) in [6, 6.07) is 9.83. The normalized spacial score (nSPS) is 14.8. The molecule has 1 atom stereocenters. The van der Waals surface area contributed by atoms with Gasteiger partial charge in [-0.1, -0.05) is 29.8 Å². The summed E-state index contributed by atoms with van der Waals surface area (Å²) in [6.07, 6.45) is -0.456. The van der Waals surface area contributed by atoms with Crippen LogP contribution in [0.25, 0.3) is 0 Å². The number of hydrogen-bond acceptors (Lipinski definition) is 3. The van der Waals surface area contributed by atoms with Gasteiger partial charge in [-0.3, -0.25) is 0 Å². The van der Waals surface area contributed by atoms with Crippen molar-refractivity contribution in [3.63, 3.8) is 0 Å². The van der Waals surface area contributed by atoms with Crippen molar-refractivity contribution in [3.8, 4) is 11.5 Å². The summed E-state index contributed by atoms with van der Waals surface area (Å²) in [6.45, 7) is 0.958. The second kappa shape index (κ2) is 5.92. The van der Waals surface area contributed by atoms with Gasteiger partial charge in [-0.05, 0) is 23.8 Å². The predicted molar refractivity (Wildman–Crippen MR) is 77.5 cm³/mol. The van der Waals surface area contributed by atoms with Crippen LogP contribution in [0.5, 0.6) is 11.5 Å². The minimum atomic E-state index is -0.775. The van der Waals surface area contributed by atoms with Crippen LogP contribution in [0, 0.1) is 5.82 Å². The maximum Gasteiger partial charge on any atom is 0.167 e. The van der Waals surface area contributed by atoms with Crippen molar-refractivity contribution in [1.29, 1.82) is 0 Å². The molecule has 110 valence electrons. The number of halogens is 2. The van der Waals surface area contributed by atoms with Gasteiger partial charge in [0.15, 0.2) is 11.5 Å². The molecule has 2 aromatic rings. The summed E-state index contributed by atoms with van der Waals surface area (Å²) in [5.41, 5.74) is 1.41. The van der Waals surface area contributed by atoms with E-state index in [1.807, 2.05) is 6.07 Å². The van der Waals surface area contributed by atoms with Gasteiger partial charge in [-0.15, -0.1) is 0 Å². The van der Waals surface area contributed by atoms with Crippen LogP contribution in [0.2, 0.25) is 5.02 Å². The number of aliphatic hydroxyl groups is 1. The Bertz CT molecular complexity index is 660. The maximum atomic E-state index is 13.2. The highest BCUT2D eigenvalue weighted by Crippen LogP contribution is 2.38. The fourth-order valence-corrected chi connectivity index (χ4v) is 2.56. The molecule has 0 aromatic heterocycles. The van der Waals surface area contributed by atoms with Gasteiger partial charge in [0.1, 0.15) is 19.0 Å². The first-order valence-corrected chi connectivity index (χ1v) is 7.03. The van der Waals surface area contributed by atoms with Gasteiger partial charge in [0.2, 0.25) is 0 Å². The van der Waals surface area contributed by atoms with E-state index in [4.69, 9.17) is 21.1 Å². The smallest absolute Gasteiger partial charge is 0.167 e. The number of aliphatic hydroxyl groups excluding tert-OH is 1. The Morgan fingerprint density at radius 2 is 2.00 bits per heavy atom.